The van der Waals surface area contributed by atoms with Gasteiger partial charge in [-0.25, -0.2) is 5.06 Å². The van der Waals surface area contributed by atoms with Gasteiger partial charge in [0.05, 0.1) is 7.11 Å². The second-order valence-electron chi connectivity index (χ2n) is 3.83. The van der Waals surface area contributed by atoms with Crippen LogP contribution in [-0.4, -0.2) is 30.3 Å². The zero-order chi connectivity index (χ0) is 13.0. The molecule has 1 heterocycles. The van der Waals surface area contributed by atoms with Gasteiger partial charge in [-0.3, -0.25) is 9.63 Å². The molecule has 1 aromatic heterocycles. The van der Waals surface area contributed by atoms with Gasteiger partial charge in [0.25, 0.3) is 5.91 Å². The quantitative estimate of drug-likeness (QED) is 0.773. The van der Waals surface area contributed by atoms with E-state index >= 15 is 0 Å². The fraction of sp³-hybridized carbons (Fsp3) is 0.231. The van der Waals surface area contributed by atoms with Crippen molar-refractivity contribution in [1.29, 1.82) is 0 Å². The van der Waals surface area contributed by atoms with E-state index in [0.717, 1.165) is 10.6 Å². The Morgan fingerprint density at radius 2 is 2.11 bits per heavy atom. The fourth-order valence-corrected chi connectivity index (χ4v) is 1.54. The highest BCUT2D eigenvalue weighted by molar-refractivity contribution is 5.91. The highest BCUT2D eigenvalue weighted by Gasteiger charge is 2.16. The second-order valence-corrected chi connectivity index (χ2v) is 3.83. The summed E-state index contributed by atoms with van der Waals surface area (Å²) in [5.41, 5.74) is 1.35. The van der Waals surface area contributed by atoms with Gasteiger partial charge in [-0.05, 0) is 5.56 Å². The summed E-state index contributed by atoms with van der Waals surface area (Å²) in [6.45, 7) is 0. The van der Waals surface area contributed by atoms with Crippen molar-refractivity contribution >= 4 is 5.91 Å². The van der Waals surface area contributed by atoms with E-state index in [0.29, 0.717) is 12.2 Å². The first-order chi connectivity index (χ1) is 8.70. The van der Waals surface area contributed by atoms with Crippen molar-refractivity contribution in [1.82, 2.24) is 10.2 Å². The van der Waals surface area contributed by atoms with Gasteiger partial charge in [-0.1, -0.05) is 35.5 Å². The monoisotopic (exact) mass is 246 g/mol. The Balaban J connectivity index is 2.09. The molecule has 5 nitrogen and oxygen atoms in total. The molecule has 2 rings (SSSR count). The minimum absolute atomic E-state index is 0.241. The molecule has 0 aliphatic carbocycles. The lowest BCUT2D eigenvalue weighted by atomic mass is 10.1. The van der Waals surface area contributed by atoms with E-state index < -0.39 is 0 Å². The molecule has 2 aromatic rings. The molecule has 0 spiro atoms. The third-order valence-corrected chi connectivity index (χ3v) is 2.56. The van der Waals surface area contributed by atoms with E-state index in [1.807, 2.05) is 30.3 Å². The summed E-state index contributed by atoms with van der Waals surface area (Å²) < 4.78 is 5.13. The zero-order valence-corrected chi connectivity index (χ0v) is 10.3. The van der Waals surface area contributed by atoms with E-state index in [9.17, 15) is 4.79 Å². The van der Waals surface area contributed by atoms with Crippen LogP contribution < -0.4 is 0 Å². The largest absolute Gasteiger partial charge is 0.360 e. The Morgan fingerprint density at radius 3 is 2.78 bits per heavy atom. The minimum atomic E-state index is -0.333. The van der Waals surface area contributed by atoms with Crippen LogP contribution >= 0.6 is 0 Å². The van der Waals surface area contributed by atoms with Crippen molar-refractivity contribution in [2.24, 2.45) is 0 Å². The van der Waals surface area contributed by atoms with Crippen LogP contribution in [0.5, 0.6) is 0 Å². The summed E-state index contributed by atoms with van der Waals surface area (Å²) in [6.07, 6.45) is 0.609. The average Bonchev–Trinajstić information content (AvgIpc) is 2.86. The zero-order valence-electron chi connectivity index (χ0n) is 10.3. The molecule has 0 fully saturated rings. The fourth-order valence-electron chi connectivity index (χ4n) is 1.54. The maximum absolute atomic E-state index is 11.7. The third kappa shape index (κ3) is 2.75. The van der Waals surface area contributed by atoms with E-state index in [1.165, 1.54) is 14.2 Å². The molecule has 0 atom stereocenters. The molecular weight excluding hydrogens is 232 g/mol. The highest BCUT2D eigenvalue weighted by atomic mass is 16.7. The molecule has 18 heavy (non-hydrogen) atoms. The average molecular weight is 246 g/mol. The summed E-state index contributed by atoms with van der Waals surface area (Å²) in [4.78, 5) is 16.5. The van der Waals surface area contributed by atoms with Crippen LogP contribution in [0.25, 0.3) is 0 Å². The van der Waals surface area contributed by atoms with Crippen LogP contribution in [0.1, 0.15) is 21.8 Å². The number of hydrogen-bond acceptors (Lipinski definition) is 4. The van der Waals surface area contributed by atoms with Crippen molar-refractivity contribution in [2.75, 3.05) is 14.2 Å². The first kappa shape index (κ1) is 12.3. The molecule has 0 radical (unpaired) electrons. The van der Waals surface area contributed by atoms with Crippen LogP contribution in [-0.2, 0) is 11.3 Å². The summed E-state index contributed by atoms with van der Waals surface area (Å²) in [5.74, 6) is 0.314. The standard InChI is InChI=1S/C13H14N2O3/c1-15(17-2)13(16)12-9-11(18-14-12)8-10-6-4-3-5-7-10/h3-7,9H,8H2,1-2H3. The Kier molecular flexibility index (Phi) is 3.74. The van der Waals surface area contributed by atoms with Crippen molar-refractivity contribution in [3.05, 3.63) is 53.4 Å². The molecule has 5 heteroatoms. The topological polar surface area (TPSA) is 55.6 Å². The minimum Gasteiger partial charge on any atom is -0.360 e. The van der Waals surface area contributed by atoms with Crippen LogP contribution in [0.4, 0.5) is 0 Å². The Morgan fingerprint density at radius 1 is 1.39 bits per heavy atom. The van der Waals surface area contributed by atoms with Gasteiger partial charge in [0.15, 0.2) is 5.69 Å². The van der Waals surface area contributed by atoms with Crippen molar-refractivity contribution < 1.29 is 14.2 Å². The Bertz CT molecular complexity index is 522. The predicted octanol–water partition coefficient (Wildman–Crippen LogP) is 1.90. The van der Waals surface area contributed by atoms with Gasteiger partial charge >= 0.3 is 0 Å². The maximum atomic E-state index is 11.7. The lowest BCUT2D eigenvalue weighted by molar-refractivity contribution is -0.0762. The van der Waals surface area contributed by atoms with E-state index in [2.05, 4.69) is 5.16 Å². The third-order valence-electron chi connectivity index (χ3n) is 2.56. The predicted molar refractivity (Wildman–Crippen MR) is 64.9 cm³/mol. The number of rotatable bonds is 4. The number of carbonyl (C=O) groups excluding carboxylic acids is 1. The Hall–Kier alpha value is -2.14. The lowest BCUT2D eigenvalue weighted by Crippen LogP contribution is -2.25. The summed E-state index contributed by atoms with van der Waals surface area (Å²) in [6, 6.07) is 11.5. The number of amides is 1. The van der Waals surface area contributed by atoms with Gasteiger partial charge in [0, 0.05) is 19.5 Å². The first-order valence-electron chi connectivity index (χ1n) is 5.52. The van der Waals surface area contributed by atoms with Crippen molar-refractivity contribution in [3.8, 4) is 0 Å². The van der Waals surface area contributed by atoms with E-state index in [-0.39, 0.29) is 11.6 Å². The maximum Gasteiger partial charge on any atom is 0.299 e. The lowest BCUT2D eigenvalue weighted by Gasteiger charge is -2.10. The molecule has 1 amide bonds. The van der Waals surface area contributed by atoms with Gasteiger partial charge < -0.3 is 4.52 Å². The second kappa shape index (κ2) is 5.46. The molecule has 0 aliphatic rings. The van der Waals surface area contributed by atoms with Crippen LogP contribution in [0.15, 0.2) is 40.9 Å². The van der Waals surface area contributed by atoms with Crippen LogP contribution in [0.2, 0.25) is 0 Å². The highest BCUT2D eigenvalue weighted by Crippen LogP contribution is 2.11. The number of aromatic nitrogens is 1. The number of carbonyl (C=O) groups is 1. The summed E-state index contributed by atoms with van der Waals surface area (Å²) in [7, 11) is 2.94. The van der Waals surface area contributed by atoms with Gasteiger partial charge in [-0.2, -0.15) is 0 Å². The number of benzene rings is 1. The smallest absolute Gasteiger partial charge is 0.299 e. The van der Waals surface area contributed by atoms with E-state index in [4.69, 9.17) is 9.36 Å². The molecule has 0 N–H and O–H groups in total. The molecule has 94 valence electrons. The van der Waals surface area contributed by atoms with Crippen LogP contribution in [0, 0.1) is 0 Å². The molecule has 0 unspecified atom stereocenters. The first-order valence-corrected chi connectivity index (χ1v) is 5.52. The molecule has 0 saturated heterocycles. The van der Waals surface area contributed by atoms with Crippen molar-refractivity contribution in [2.45, 2.75) is 6.42 Å². The number of hydrogen-bond donors (Lipinski definition) is 0. The van der Waals surface area contributed by atoms with Gasteiger partial charge in [0.2, 0.25) is 0 Å². The molecule has 0 aliphatic heterocycles. The normalized spacial score (nSPS) is 10.3. The van der Waals surface area contributed by atoms with Crippen molar-refractivity contribution in [3.63, 3.8) is 0 Å². The SMILES string of the molecule is CON(C)C(=O)c1cc(Cc2ccccc2)on1. The Labute approximate surface area is 105 Å². The number of nitrogens with zero attached hydrogens (tertiary/aromatic N) is 2. The number of hydroxylamine groups is 2. The summed E-state index contributed by atoms with van der Waals surface area (Å²) in [5, 5.41) is 4.84. The van der Waals surface area contributed by atoms with Crippen LogP contribution in [0.3, 0.4) is 0 Å². The molecule has 0 bridgehead atoms. The van der Waals surface area contributed by atoms with Gasteiger partial charge in [0.1, 0.15) is 5.76 Å². The summed E-state index contributed by atoms with van der Waals surface area (Å²) >= 11 is 0. The van der Waals surface area contributed by atoms with E-state index in [1.54, 1.807) is 6.07 Å². The molecule has 1 aromatic carbocycles. The van der Waals surface area contributed by atoms with Gasteiger partial charge in [-0.15, -0.1) is 0 Å². The molecular formula is C13H14N2O3. The molecule has 0 saturated carbocycles.